The van der Waals surface area contributed by atoms with E-state index in [4.69, 9.17) is 0 Å². The van der Waals surface area contributed by atoms with Crippen molar-refractivity contribution in [2.75, 3.05) is 5.32 Å². The van der Waals surface area contributed by atoms with Gasteiger partial charge in [-0.3, -0.25) is 15.2 Å². The molecule has 0 spiro atoms. The smallest absolute Gasteiger partial charge is 0.272 e. The Morgan fingerprint density at radius 2 is 2.05 bits per heavy atom. The molecule has 0 radical (unpaired) electrons. The van der Waals surface area contributed by atoms with Gasteiger partial charge in [-0.25, -0.2) is 0 Å². The van der Waals surface area contributed by atoms with E-state index in [9.17, 15) is 10.1 Å². The predicted octanol–water partition coefficient (Wildman–Crippen LogP) is 2.86. The minimum absolute atomic E-state index is 0.155. The Labute approximate surface area is 111 Å². The Balaban J connectivity index is 2.20. The second-order valence-corrected chi connectivity index (χ2v) is 4.58. The fourth-order valence-corrected chi connectivity index (χ4v) is 1.93. The Bertz CT molecular complexity index is 619. The molecule has 19 heavy (non-hydrogen) atoms. The van der Waals surface area contributed by atoms with E-state index in [-0.39, 0.29) is 10.6 Å². The first-order valence-corrected chi connectivity index (χ1v) is 5.97. The van der Waals surface area contributed by atoms with Gasteiger partial charge in [0.15, 0.2) is 0 Å². The molecule has 2 aromatic rings. The molecule has 0 aliphatic rings. The van der Waals surface area contributed by atoms with E-state index in [1.54, 1.807) is 19.2 Å². The van der Waals surface area contributed by atoms with Crippen molar-refractivity contribution in [2.45, 2.75) is 27.3 Å². The highest BCUT2D eigenvalue weighted by Gasteiger charge is 2.13. The van der Waals surface area contributed by atoms with Crippen LogP contribution in [-0.4, -0.2) is 15.1 Å². The maximum absolute atomic E-state index is 10.8. The van der Waals surface area contributed by atoms with Gasteiger partial charge in [0.05, 0.1) is 11.1 Å². The molecule has 0 aliphatic heterocycles. The first-order valence-electron chi connectivity index (χ1n) is 5.97. The van der Waals surface area contributed by atoms with Crippen molar-refractivity contribution in [3.63, 3.8) is 0 Å². The van der Waals surface area contributed by atoms with Crippen molar-refractivity contribution in [3.05, 3.63) is 50.8 Å². The van der Waals surface area contributed by atoms with Gasteiger partial charge < -0.3 is 5.32 Å². The van der Waals surface area contributed by atoms with Gasteiger partial charge in [0.1, 0.15) is 0 Å². The molecular weight excluding hydrogens is 244 g/mol. The highest BCUT2D eigenvalue weighted by Crippen LogP contribution is 2.26. The third-order valence-corrected chi connectivity index (χ3v) is 3.14. The van der Waals surface area contributed by atoms with E-state index >= 15 is 0 Å². The average molecular weight is 260 g/mol. The number of nitro benzene ring substituents is 1. The fourth-order valence-electron chi connectivity index (χ4n) is 1.93. The summed E-state index contributed by atoms with van der Waals surface area (Å²) in [5.41, 5.74) is 4.67. The van der Waals surface area contributed by atoms with Crippen LogP contribution in [-0.2, 0) is 6.54 Å². The molecule has 6 nitrogen and oxygen atoms in total. The summed E-state index contributed by atoms with van der Waals surface area (Å²) in [4.78, 5) is 10.5. The van der Waals surface area contributed by atoms with Crippen LogP contribution in [0.5, 0.6) is 0 Å². The Morgan fingerprint density at radius 1 is 1.32 bits per heavy atom. The zero-order chi connectivity index (χ0) is 14.0. The lowest BCUT2D eigenvalue weighted by Gasteiger charge is -2.10. The molecule has 0 fully saturated rings. The second-order valence-electron chi connectivity index (χ2n) is 4.58. The Hall–Kier alpha value is -2.37. The van der Waals surface area contributed by atoms with Gasteiger partial charge in [0.25, 0.3) is 5.69 Å². The maximum atomic E-state index is 10.8. The number of rotatable bonds is 4. The van der Waals surface area contributed by atoms with Crippen LogP contribution in [0.15, 0.2) is 18.3 Å². The van der Waals surface area contributed by atoms with E-state index in [1.165, 1.54) is 0 Å². The quantitative estimate of drug-likeness (QED) is 0.654. The van der Waals surface area contributed by atoms with Gasteiger partial charge >= 0.3 is 0 Å². The monoisotopic (exact) mass is 260 g/mol. The van der Waals surface area contributed by atoms with E-state index in [0.717, 1.165) is 22.5 Å². The molecule has 2 N–H and O–H groups in total. The lowest BCUT2D eigenvalue weighted by molar-refractivity contribution is -0.385. The number of nitro groups is 1. The Morgan fingerprint density at radius 3 is 2.63 bits per heavy atom. The third kappa shape index (κ3) is 2.73. The summed E-state index contributed by atoms with van der Waals surface area (Å²) in [7, 11) is 0. The summed E-state index contributed by atoms with van der Waals surface area (Å²) < 4.78 is 0. The van der Waals surface area contributed by atoms with Crippen molar-refractivity contribution in [1.29, 1.82) is 0 Å². The first kappa shape index (κ1) is 13.1. The lowest BCUT2D eigenvalue weighted by Crippen LogP contribution is -2.03. The van der Waals surface area contributed by atoms with Crippen LogP contribution in [0.3, 0.4) is 0 Å². The fraction of sp³-hybridized carbons (Fsp3) is 0.308. The SMILES string of the molecule is Cc1cc([N+](=O)[O-])c(C)cc1NCc1cn[nH]c1C. The predicted molar refractivity (Wildman–Crippen MR) is 73.2 cm³/mol. The minimum atomic E-state index is -0.355. The first-order chi connectivity index (χ1) is 8.99. The number of anilines is 1. The van der Waals surface area contributed by atoms with Crippen LogP contribution < -0.4 is 5.32 Å². The topological polar surface area (TPSA) is 83.8 Å². The van der Waals surface area contributed by atoms with Crippen LogP contribution in [0.4, 0.5) is 11.4 Å². The van der Waals surface area contributed by atoms with Crippen molar-refractivity contribution in [3.8, 4) is 0 Å². The second kappa shape index (κ2) is 5.09. The van der Waals surface area contributed by atoms with Gasteiger partial charge in [-0.2, -0.15) is 5.10 Å². The van der Waals surface area contributed by atoms with Crippen molar-refractivity contribution in [2.24, 2.45) is 0 Å². The van der Waals surface area contributed by atoms with E-state index in [1.807, 2.05) is 19.9 Å². The molecule has 2 rings (SSSR count). The minimum Gasteiger partial charge on any atom is -0.381 e. The normalized spacial score (nSPS) is 10.5. The number of benzene rings is 1. The van der Waals surface area contributed by atoms with Crippen LogP contribution >= 0.6 is 0 Å². The van der Waals surface area contributed by atoms with Crippen molar-refractivity contribution in [1.82, 2.24) is 10.2 Å². The van der Waals surface area contributed by atoms with E-state index in [2.05, 4.69) is 15.5 Å². The Kier molecular flexibility index (Phi) is 3.50. The highest BCUT2D eigenvalue weighted by atomic mass is 16.6. The summed E-state index contributed by atoms with van der Waals surface area (Å²) in [6, 6.07) is 3.41. The highest BCUT2D eigenvalue weighted by molar-refractivity contribution is 5.59. The van der Waals surface area contributed by atoms with Gasteiger partial charge in [0, 0.05) is 35.1 Å². The zero-order valence-electron chi connectivity index (χ0n) is 11.2. The lowest BCUT2D eigenvalue weighted by atomic mass is 10.1. The molecule has 0 bridgehead atoms. The van der Waals surface area contributed by atoms with Gasteiger partial charge in [-0.1, -0.05) is 0 Å². The van der Waals surface area contributed by atoms with Gasteiger partial charge in [-0.15, -0.1) is 0 Å². The molecule has 0 aliphatic carbocycles. The van der Waals surface area contributed by atoms with Crippen molar-refractivity contribution >= 4 is 11.4 Å². The molecule has 0 saturated heterocycles. The summed E-state index contributed by atoms with van der Waals surface area (Å²) in [5, 5.41) is 21.0. The van der Waals surface area contributed by atoms with E-state index < -0.39 is 0 Å². The van der Waals surface area contributed by atoms with Crippen molar-refractivity contribution < 1.29 is 4.92 Å². The van der Waals surface area contributed by atoms with Crippen LogP contribution in [0.1, 0.15) is 22.4 Å². The number of hydrogen-bond acceptors (Lipinski definition) is 4. The number of aryl methyl sites for hydroxylation is 3. The molecule has 1 aromatic carbocycles. The summed E-state index contributed by atoms with van der Waals surface area (Å²) in [6.45, 7) is 6.20. The summed E-state index contributed by atoms with van der Waals surface area (Å²) in [6.07, 6.45) is 1.77. The molecule has 0 amide bonds. The number of aromatic nitrogens is 2. The molecule has 1 aromatic heterocycles. The maximum Gasteiger partial charge on any atom is 0.272 e. The molecule has 100 valence electrons. The van der Waals surface area contributed by atoms with Crippen LogP contribution in [0.2, 0.25) is 0 Å². The molecule has 0 saturated carbocycles. The number of H-pyrrole nitrogens is 1. The number of aromatic amines is 1. The third-order valence-electron chi connectivity index (χ3n) is 3.14. The molecule has 6 heteroatoms. The number of hydrogen-bond donors (Lipinski definition) is 2. The zero-order valence-corrected chi connectivity index (χ0v) is 11.2. The van der Waals surface area contributed by atoms with Crippen LogP contribution in [0.25, 0.3) is 0 Å². The van der Waals surface area contributed by atoms with Crippen LogP contribution in [0, 0.1) is 30.9 Å². The molecule has 0 unspecified atom stereocenters. The molecule has 0 atom stereocenters. The average Bonchev–Trinajstić information content (AvgIpc) is 2.75. The molecular formula is C13H16N4O2. The van der Waals surface area contributed by atoms with E-state index in [0.29, 0.717) is 12.1 Å². The summed E-state index contributed by atoms with van der Waals surface area (Å²) in [5.74, 6) is 0. The largest absolute Gasteiger partial charge is 0.381 e. The summed E-state index contributed by atoms with van der Waals surface area (Å²) >= 11 is 0. The number of nitrogens with one attached hydrogen (secondary N) is 2. The van der Waals surface area contributed by atoms with Gasteiger partial charge in [-0.05, 0) is 32.4 Å². The molecule has 1 heterocycles. The standard InChI is InChI=1S/C13H16N4O2/c1-8-5-13(17(18)19)9(2)4-12(8)14-6-11-7-15-16-10(11)3/h4-5,7,14H,6H2,1-3H3,(H,15,16). The number of nitrogens with zero attached hydrogens (tertiary/aromatic N) is 2. The van der Waals surface area contributed by atoms with Gasteiger partial charge in [0.2, 0.25) is 0 Å².